The lowest BCUT2D eigenvalue weighted by atomic mass is 10.1. The zero-order chi connectivity index (χ0) is 30.2. The van der Waals surface area contributed by atoms with E-state index < -0.39 is 18.0 Å². The maximum absolute atomic E-state index is 13.0. The first-order valence-electron chi connectivity index (χ1n) is 13.7. The Kier molecular flexibility index (Phi) is 13.9. The van der Waals surface area contributed by atoms with Crippen molar-refractivity contribution in [2.75, 3.05) is 32.1 Å². The zero-order valence-corrected chi connectivity index (χ0v) is 23.9. The molecular formula is C27H45N11O3. The summed E-state index contributed by atoms with van der Waals surface area (Å²) in [5.41, 5.74) is 29.2. The molecule has 14 heteroatoms. The van der Waals surface area contributed by atoms with Gasteiger partial charge in [0.15, 0.2) is 11.9 Å². The van der Waals surface area contributed by atoms with E-state index in [9.17, 15) is 9.59 Å². The lowest BCUT2D eigenvalue weighted by Gasteiger charge is -2.21. The summed E-state index contributed by atoms with van der Waals surface area (Å²) in [6.45, 7) is 3.21. The van der Waals surface area contributed by atoms with Crippen molar-refractivity contribution in [3.05, 3.63) is 30.5 Å². The highest BCUT2D eigenvalue weighted by Crippen LogP contribution is 2.28. The van der Waals surface area contributed by atoms with E-state index >= 15 is 0 Å². The van der Waals surface area contributed by atoms with Crippen LogP contribution in [0.15, 0.2) is 40.4 Å². The van der Waals surface area contributed by atoms with Crippen LogP contribution in [0, 0.1) is 0 Å². The van der Waals surface area contributed by atoms with Crippen LogP contribution in [-0.2, 0) is 9.59 Å². The zero-order valence-electron chi connectivity index (χ0n) is 23.9. The Morgan fingerprint density at radius 2 is 1.66 bits per heavy atom. The smallest absolute Gasteiger partial charge is 0.242 e. The number of hydrogen-bond acceptors (Lipinski definition) is 8. The minimum Gasteiger partial charge on any atom is -0.497 e. The lowest BCUT2D eigenvalue weighted by molar-refractivity contribution is -0.129. The number of nitrogens with one attached hydrogen (secondary N) is 3. The molecule has 1 heterocycles. The van der Waals surface area contributed by atoms with Gasteiger partial charge in [-0.2, -0.15) is 0 Å². The van der Waals surface area contributed by atoms with E-state index in [1.165, 1.54) is 0 Å². The number of carbonyl (C=O) groups is 2. The van der Waals surface area contributed by atoms with E-state index in [0.29, 0.717) is 51.7 Å². The van der Waals surface area contributed by atoms with Gasteiger partial charge in [-0.3, -0.25) is 24.6 Å². The van der Waals surface area contributed by atoms with Crippen LogP contribution in [0.2, 0.25) is 0 Å². The van der Waals surface area contributed by atoms with E-state index in [0.717, 1.165) is 28.8 Å². The number of aliphatic imine (C=N–C) groups is 2. The van der Waals surface area contributed by atoms with Crippen LogP contribution in [-0.4, -0.2) is 73.6 Å². The van der Waals surface area contributed by atoms with Gasteiger partial charge in [-0.05, 0) is 57.6 Å². The number of ether oxygens (including phenoxy) is 1. The number of rotatable bonds is 18. The van der Waals surface area contributed by atoms with Crippen molar-refractivity contribution in [1.29, 1.82) is 0 Å². The van der Waals surface area contributed by atoms with Crippen LogP contribution in [0.5, 0.6) is 5.75 Å². The quantitative estimate of drug-likeness (QED) is 0.0668. The molecule has 13 N–H and O–H groups in total. The van der Waals surface area contributed by atoms with Gasteiger partial charge in [0.25, 0.3) is 0 Å². The number of hydrogen-bond donors (Lipinski definition) is 8. The van der Waals surface area contributed by atoms with E-state index in [4.69, 9.17) is 33.4 Å². The van der Waals surface area contributed by atoms with Crippen LogP contribution in [0.1, 0.15) is 45.4 Å². The van der Waals surface area contributed by atoms with Crippen molar-refractivity contribution < 1.29 is 14.3 Å². The number of guanidine groups is 2. The van der Waals surface area contributed by atoms with Gasteiger partial charge in [-0.15, -0.1) is 0 Å². The summed E-state index contributed by atoms with van der Waals surface area (Å²) >= 11 is 0. The standard InChI is InChI=1S/C27H45N11O3/c1-17(37-22-16-19(41-2)15-18-8-4-11-33-23(18)22)7-3-12-34-25(40)21(10-6-14-36-27(31)32)38-24(39)20(28)9-5-13-35-26(29)30/h4,8,11,15-17,20-21,37H,3,5-7,9-10,12-14,28H2,1-2H3,(H,34,40)(H,38,39)(H4,29,30,35)(H4,31,32,36)/t17?,20-,21-/m1/s1. The molecule has 0 saturated carbocycles. The molecule has 0 spiro atoms. The molecule has 0 bridgehead atoms. The predicted molar refractivity (Wildman–Crippen MR) is 163 cm³/mol. The van der Waals surface area contributed by atoms with Crippen molar-refractivity contribution in [3.63, 3.8) is 0 Å². The van der Waals surface area contributed by atoms with Gasteiger partial charge in [-0.25, -0.2) is 0 Å². The van der Waals surface area contributed by atoms with Crippen LogP contribution in [0.25, 0.3) is 10.9 Å². The maximum Gasteiger partial charge on any atom is 0.242 e. The fraction of sp³-hybridized carbons (Fsp3) is 0.519. The number of nitrogens with zero attached hydrogens (tertiary/aromatic N) is 3. The van der Waals surface area contributed by atoms with E-state index in [2.05, 4.69) is 37.8 Å². The summed E-state index contributed by atoms with van der Waals surface area (Å²) < 4.78 is 5.43. The van der Waals surface area contributed by atoms with E-state index in [1.54, 1.807) is 13.3 Å². The SMILES string of the molecule is COc1cc(NC(C)CCCNC(=O)[C@@H](CCCN=C(N)N)NC(=O)[C@H](N)CCCN=C(N)N)c2ncccc2c1. The second kappa shape index (κ2) is 17.4. The second-order valence-electron chi connectivity index (χ2n) is 9.79. The Balaban J connectivity index is 1.88. The summed E-state index contributed by atoms with van der Waals surface area (Å²) in [5, 5.41) is 10.2. The minimum atomic E-state index is -0.800. The van der Waals surface area contributed by atoms with Gasteiger partial charge in [0.05, 0.1) is 24.4 Å². The van der Waals surface area contributed by atoms with E-state index in [1.807, 2.05) is 24.3 Å². The van der Waals surface area contributed by atoms with Gasteiger partial charge in [0.2, 0.25) is 11.8 Å². The van der Waals surface area contributed by atoms with Crippen LogP contribution in [0.4, 0.5) is 5.69 Å². The number of nitrogens with two attached hydrogens (primary N) is 5. The van der Waals surface area contributed by atoms with Gasteiger partial charge >= 0.3 is 0 Å². The number of amides is 2. The van der Waals surface area contributed by atoms with Gasteiger partial charge in [0.1, 0.15) is 11.8 Å². The first kappa shape index (κ1) is 32.9. The highest BCUT2D eigenvalue weighted by Gasteiger charge is 2.23. The van der Waals surface area contributed by atoms with Crippen LogP contribution < -0.4 is 49.4 Å². The Morgan fingerprint density at radius 3 is 2.32 bits per heavy atom. The molecule has 0 aliphatic rings. The molecule has 0 aliphatic carbocycles. The summed E-state index contributed by atoms with van der Waals surface area (Å²) in [6, 6.07) is 6.28. The van der Waals surface area contributed by atoms with Gasteiger partial charge < -0.3 is 49.4 Å². The molecule has 3 atom stereocenters. The van der Waals surface area contributed by atoms with Crippen LogP contribution in [0.3, 0.4) is 0 Å². The average Bonchev–Trinajstić information content (AvgIpc) is 2.94. The third-order valence-corrected chi connectivity index (χ3v) is 6.31. The molecule has 0 fully saturated rings. The highest BCUT2D eigenvalue weighted by molar-refractivity contribution is 5.92. The molecule has 2 rings (SSSR count). The maximum atomic E-state index is 13.0. The molecule has 1 aromatic heterocycles. The summed E-state index contributed by atoms with van der Waals surface area (Å²) in [5.74, 6) is -0.0170. The van der Waals surface area contributed by atoms with Gasteiger partial charge in [0, 0.05) is 43.3 Å². The molecular weight excluding hydrogens is 526 g/mol. The Bertz CT molecular complexity index is 1180. The second-order valence-corrected chi connectivity index (χ2v) is 9.79. The highest BCUT2D eigenvalue weighted by atomic mass is 16.5. The lowest BCUT2D eigenvalue weighted by Crippen LogP contribution is -2.51. The third kappa shape index (κ3) is 12.2. The van der Waals surface area contributed by atoms with Crippen molar-refractivity contribution in [3.8, 4) is 5.75 Å². The molecule has 0 aliphatic heterocycles. The number of benzene rings is 1. The number of anilines is 1. The fourth-order valence-electron chi connectivity index (χ4n) is 4.17. The van der Waals surface area contributed by atoms with Gasteiger partial charge in [-0.1, -0.05) is 6.07 Å². The molecule has 2 aromatic rings. The number of methoxy groups -OCH3 is 1. The molecule has 1 unspecified atom stereocenters. The Labute approximate surface area is 240 Å². The normalized spacial score (nSPS) is 13.0. The Morgan fingerprint density at radius 1 is 0.976 bits per heavy atom. The first-order chi connectivity index (χ1) is 19.6. The van der Waals surface area contributed by atoms with Crippen molar-refractivity contribution in [1.82, 2.24) is 15.6 Å². The van der Waals surface area contributed by atoms with Crippen molar-refractivity contribution in [2.24, 2.45) is 38.7 Å². The first-order valence-corrected chi connectivity index (χ1v) is 13.7. The van der Waals surface area contributed by atoms with Crippen LogP contribution >= 0.6 is 0 Å². The molecule has 14 nitrogen and oxygen atoms in total. The largest absolute Gasteiger partial charge is 0.497 e. The van der Waals surface area contributed by atoms with Crippen molar-refractivity contribution >= 4 is 40.3 Å². The topological polar surface area (TPSA) is 247 Å². The Hall–Kier alpha value is -4.33. The number of pyridine rings is 1. The molecule has 0 saturated heterocycles. The predicted octanol–water partition coefficient (Wildman–Crippen LogP) is -0.140. The average molecular weight is 572 g/mol. The fourth-order valence-corrected chi connectivity index (χ4v) is 4.17. The minimum absolute atomic E-state index is 0.0171. The molecule has 226 valence electrons. The third-order valence-electron chi connectivity index (χ3n) is 6.31. The summed E-state index contributed by atoms with van der Waals surface area (Å²) in [4.78, 5) is 38.0. The summed E-state index contributed by atoms with van der Waals surface area (Å²) in [6.07, 6.45) is 5.01. The monoisotopic (exact) mass is 571 g/mol. The number of carbonyl (C=O) groups excluding carboxylic acids is 2. The molecule has 2 amide bonds. The number of fused-ring (bicyclic) bond motifs is 1. The molecule has 41 heavy (non-hydrogen) atoms. The van der Waals surface area contributed by atoms with Crippen molar-refractivity contribution in [2.45, 2.75) is 63.6 Å². The number of aromatic nitrogens is 1. The molecule has 0 radical (unpaired) electrons. The summed E-state index contributed by atoms with van der Waals surface area (Å²) in [7, 11) is 1.63. The molecule has 1 aromatic carbocycles. The van der Waals surface area contributed by atoms with E-state index in [-0.39, 0.29) is 23.9 Å².